The third-order valence-electron chi connectivity index (χ3n) is 11.2. The molecule has 0 radical (unpaired) electrons. The Hall–Kier alpha value is -8.91. The van der Waals surface area contributed by atoms with Crippen molar-refractivity contribution in [3.8, 4) is 29.4 Å². The molecular weight excluding hydrogens is 1020 g/mol. The van der Waals surface area contributed by atoms with E-state index in [2.05, 4.69) is 21.1 Å². The van der Waals surface area contributed by atoms with Gasteiger partial charge in [-0.05, 0) is 56.2 Å². The molecular formula is C56H38F12N2O6. The Kier molecular flexibility index (Phi) is 20.1. The standard InChI is InChI=1S/C22H19F5O2.C17H9F4NO2.C17H10F3NO2/c1-12-2-4-13(5-3-12)14-6-8-15(9-7-14)19(25)21(27)22(28)29-16-10-17(23)20(26)18(24)11-16;1-9-2-4-10(5-3-9)15(20)16(21)17(23)24-11-6-13(18)12(8-22)14(19)7-11;1-10-2-4-11(5-3-10)15(19)16(20)17(22)23-13-7-6-12(9-21)14(18)8-13/h6-13H,2-5H2,1H3;2-7H,1H3;2-8H,1H3/b21-19+;2*16-15+. The molecule has 6 aromatic rings. The lowest BCUT2D eigenvalue weighted by Crippen LogP contribution is -2.11. The Morgan fingerprint density at radius 3 is 1.18 bits per heavy atom. The van der Waals surface area contributed by atoms with Gasteiger partial charge < -0.3 is 14.2 Å². The first-order valence-corrected chi connectivity index (χ1v) is 22.3. The van der Waals surface area contributed by atoms with Gasteiger partial charge in [-0.1, -0.05) is 104 Å². The number of nitrogens with zero attached hydrogens (tertiary/aromatic N) is 2. The van der Waals surface area contributed by atoms with Crippen LogP contribution in [0.5, 0.6) is 17.2 Å². The maximum atomic E-state index is 14.3. The van der Waals surface area contributed by atoms with Crippen LogP contribution >= 0.6 is 0 Å². The maximum absolute atomic E-state index is 14.3. The first kappa shape index (κ1) is 58.0. The Morgan fingerprint density at radius 2 is 0.816 bits per heavy atom. The van der Waals surface area contributed by atoms with Crippen LogP contribution in [0.25, 0.3) is 17.5 Å². The van der Waals surface area contributed by atoms with Gasteiger partial charge in [0.25, 0.3) is 0 Å². The van der Waals surface area contributed by atoms with Gasteiger partial charge >= 0.3 is 17.9 Å². The lowest BCUT2D eigenvalue weighted by atomic mass is 9.79. The largest absolute Gasteiger partial charge is 0.421 e. The first-order chi connectivity index (χ1) is 36.0. The van der Waals surface area contributed by atoms with Crippen molar-refractivity contribution in [2.24, 2.45) is 5.92 Å². The van der Waals surface area contributed by atoms with Crippen molar-refractivity contribution in [1.29, 1.82) is 10.5 Å². The van der Waals surface area contributed by atoms with E-state index in [0.29, 0.717) is 36.1 Å². The number of nitriles is 2. The van der Waals surface area contributed by atoms with Gasteiger partial charge in [-0.3, -0.25) is 0 Å². The molecule has 20 heteroatoms. The van der Waals surface area contributed by atoms with Gasteiger partial charge in [-0.15, -0.1) is 0 Å². The van der Waals surface area contributed by atoms with E-state index < -0.39 is 105 Å². The molecule has 1 aliphatic carbocycles. The molecule has 0 atom stereocenters. The Bertz CT molecular complexity index is 3270. The highest BCUT2D eigenvalue weighted by Gasteiger charge is 2.25. The van der Waals surface area contributed by atoms with Crippen molar-refractivity contribution in [1.82, 2.24) is 0 Å². The fraction of sp³-hybridized carbons (Fsp3) is 0.161. The molecule has 0 aliphatic heterocycles. The molecule has 7 rings (SSSR count). The maximum Gasteiger partial charge on any atom is 0.375 e. The topological polar surface area (TPSA) is 126 Å². The molecule has 0 heterocycles. The lowest BCUT2D eigenvalue weighted by Gasteiger charge is -2.26. The van der Waals surface area contributed by atoms with Gasteiger partial charge in [0.05, 0.1) is 5.56 Å². The van der Waals surface area contributed by atoms with Gasteiger partial charge in [0.15, 0.2) is 34.9 Å². The third-order valence-corrected chi connectivity index (χ3v) is 11.2. The molecule has 1 fully saturated rings. The summed E-state index contributed by atoms with van der Waals surface area (Å²) in [5, 5.41) is 17.1. The highest BCUT2D eigenvalue weighted by atomic mass is 19.2. The number of benzene rings is 6. The van der Waals surface area contributed by atoms with E-state index in [9.17, 15) is 67.1 Å². The highest BCUT2D eigenvalue weighted by Crippen LogP contribution is 2.36. The second-order valence-electron chi connectivity index (χ2n) is 16.7. The molecule has 1 aliphatic rings. The fourth-order valence-corrected chi connectivity index (χ4v) is 6.96. The second-order valence-corrected chi connectivity index (χ2v) is 16.7. The summed E-state index contributed by atoms with van der Waals surface area (Å²) >= 11 is 0. The Balaban J connectivity index is 0.000000212. The van der Waals surface area contributed by atoms with Crippen LogP contribution in [0.15, 0.2) is 133 Å². The summed E-state index contributed by atoms with van der Waals surface area (Å²) in [6.07, 6.45) is 4.30. The molecule has 0 unspecified atom stereocenters. The summed E-state index contributed by atoms with van der Waals surface area (Å²) in [5.74, 6) is -24.1. The average molecular weight is 1060 g/mol. The number of carbonyl (C=O) groups is 3. The molecule has 0 bridgehead atoms. The van der Waals surface area contributed by atoms with Gasteiger partial charge in [-0.25, -0.2) is 53.9 Å². The number of hydrogen-bond donors (Lipinski definition) is 0. The Labute approximate surface area is 426 Å². The van der Waals surface area contributed by atoms with Crippen LogP contribution in [0.2, 0.25) is 0 Å². The van der Waals surface area contributed by atoms with Crippen LogP contribution in [0.4, 0.5) is 52.7 Å². The van der Waals surface area contributed by atoms with E-state index in [0.717, 1.165) is 60.6 Å². The van der Waals surface area contributed by atoms with E-state index in [1.807, 2.05) is 0 Å². The molecule has 0 saturated heterocycles. The minimum absolute atomic E-state index is 0.115. The van der Waals surface area contributed by atoms with Crippen LogP contribution < -0.4 is 14.2 Å². The zero-order chi connectivity index (χ0) is 56.0. The number of esters is 3. The molecule has 0 N–H and O–H groups in total. The number of ether oxygens (including phenoxy) is 3. The molecule has 0 spiro atoms. The predicted molar refractivity (Wildman–Crippen MR) is 252 cm³/mol. The van der Waals surface area contributed by atoms with Crippen molar-refractivity contribution < 1.29 is 81.3 Å². The van der Waals surface area contributed by atoms with E-state index >= 15 is 0 Å². The number of halogens is 12. The van der Waals surface area contributed by atoms with E-state index in [4.69, 9.17) is 10.5 Å². The minimum atomic E-state index is -1.85. The first-order valence-electron chi connectivity index (χ1n) is 22.3. The van der Waals surface area contributed by atoms with E-state index in [-0.39, 0.29) is 28.0 Å². The minimum Gasteiger partial charge on any atom is -0.421 e. The van der Waals surface area contributed by atoms with Crippen LogP contribution in [0, 0.1) is 77.3 Å². The van der Waals surface area contributed by atoms with Crippen molar-refractivity contribution in [3.63, 3.8) is 0 Å². The molecule has 6 aromatic carbocycles. The zero-order valence-corrected chi connectivity index (χ0v) is 39.8. The summed E-state index contributed by atoms with van der Waals surface area (Å²) in [4.78, 5) is 34.9. The second kappa shape index (κ2) is 26.3. The average Bonchev–Trinajstić information content (AvgIpc) is 3.40. The van der Waals surface area contributed by atoms with Gasteiger partial charge in [0.2, 0.25) is 17.5 Å². The van der Waals surface area contributed by atoms with Crippen LogP contribution in [-0.4, -0.2) is 17.9 Å². The van der Waals surface area contributed by atoms with Crippen LogP contribution in [0.3, 0.4) is 0 Å². The Morgan fingerprint density at radius 1 is 0.461 bits per heavy atom. The molecule has 392 valence electrons. The van der Waals surface area contributed by atoms with Crippen molar-refractivity contribution in [2.75, 3.05) is 0 Å². The van der Waals surface area contributed by atoms with E-state index in [1.165, 1.54) is 54.6 Å². The molecule has 0 amide bonds. The number of rotatable bonds is 10. The fourth-order valence-electron chi connectivity index (χ4n) is 6.96. The molecule has 8 nitrogen and oxygen atoms in total. The SMILES string of the molecule is CC1CCC(c2ccc(/C(F)=C(\F)C(=O)Oc3cc(F)c(F)c(F)c3)cc2)CC1.Cc1ccc(/C(F)=C(\F)C(=O)Oc2cc(F)c(C#N)c(F)c2)cc1.Cc1ccc(/C(F)=C(\F)C(=O)Oc2ccc(C#N)c(F)c2)cc1. The quantitative estimate of drug-likeness (QED) is 0.0436. The normalized spacial score (nSPS) is 14.8. The summed E-state index contributed by atoms with van der Waals surface area (Å²) in [7, 11) is 0. The third kappa shape index (κ3) is 15.3. The summed E-state index contributed by atoms with van der Waals surface area (Å²) in [5.41, 5.74) is 1.07. The smallest absolute Gasteiger partial charge is 0.375 e. The van der Waals surface area contributed by atoms with E-state index in [1.54, 1.807) is 44.2 Å². The van der Waals surface area contributed by atoms with Crippen LogP contribution in [-0.2, 0) is 14.4 Å². The van der Waals surface area contributed by atoms with Gasteiger partial charge in [-0.2, -0.15) is 23.7 Å². The number of hydrogen-bond acceptors (Lipinski definition) is 8. The van der Waals surface area contributed by atoms with Gasteiger partial charge in [0, 0.05) is 47.0 Å². The number of carbonyl (C=O) groups excluding carboxylic acids is 3. The molecule has 0 aromatic heterocycles. The summed E-state index contributed by atoms with van der Waals surface area (Å²) in [6.45, 7) is 5.72. The zero-order valence-electron chi connectivity index (χ0n) is 39.8. The molecule has 1 saturated carbocycles. The van der Waals surface area contributed by atoms with Crippen molar-refractivity contribution in [2.45, 2.75) is 52.4 Å². The highest BCUT2D eigenvalue weighted by molar-refractivity contribution is 5.96. The van der Waals surface area contributed by atoms with Crippen molar-refractivity contribution >= 4 is 35.4 Å². The summed E-state index contributed by atoms with van der Waals surface area (Å²) in [6, 6.07) is 25.0. The predicted octanol–water partition coefficient (Wildman–Crippen LogP) is 15.2. The lowest BCUT2D eigenvalue weighted by molar-refractivity contribution is -0.132. The van der Waals surface area contributed by atoms with Gasteiger partial charge in [0.1, 0.15) is 52.4 Å². The summed E-state index contributed by atoms with van der Waals surface area (Å²) < 4.78 is 177. The monoisotopic (exact) mass is 1060 g/mol. The number of aryl methyl sites for hydroxylation is 2. The van der Waals surface area contributed by atoms with Crippen molar-refractivity contribution in [3.05, 3.63) is 212 Å². The van der Waals surface area contributed by atoms with Crippen LogP contribution in [0.1, 0.15) is 83.0 Å². The molecule has 76 heavy (non-hydrogen) atoms.